The number of alkyl halides is 2. The molecule has 6 heteroatoms. The molecule has 1 unspecified atom stereocenters. The second kappa shape index (κ2) is 4.37. The van der Waals surface area contributed by atoms with E-state index in [-0.39, 0.29) is 0 Å². The summed E-state index contributed by atoms with van der Waals surface area (Å²) in [6.07, 6.45) is -3.74. The molecular weight excluding hydrogens is 229 g/mol. The van der Waals surface area contributed by atoms with Crippen LogP contribution in [-0.2, 0) is 6.42 Å². The summed E-state index contributed by atoms with van der Waals surface area (Å²) in [6, 6.07) is 1.26. The van der Waals surface area contributed by atoms with Crippen LogP contribution >= 0.6 is 0 Å². The van der Waals surface area contributed by atoms with Crippen molar-refractivity contribution in [2.45, 2.75) is 25.3 Å². The molecule has 0 radical (unpaired) electrons. The normalized spacial score (nSPS) is 15.2. The molecule has 16 heavy (non-hydrogen) atoms. The number of hydrogen-bond donors (Lipinski definition) is 1. The Morgan fingerprint density at radius 3 is 2.19 bits per heavy atom. The topological polar surface area (TPSA) is 26.0 Å². The molecule has 1 nitrogen and oxygen atoms in total. The van der Waals surface area contributed by atoms with E-state index in [1.54, 1.807) is 0 Å². The summed E-state index contributed by atoms with van der Waals surface area (Å²) in [6.45, 7) is 0.946. The second-order valence-electron chi connectivity index (χ2n) is 3.81. The molecule has 1 rings (SSSR count). The van der Waals surface area contributed by atoms with Crippen LogP contribution in [0.1, 0.15) is 12.5 Å². The molecule has 0 fully saturated rings. The molecule has 1 aromatic rings. The van der Waals surface area contributed by atoms with Crippen molar-refractivity contribution in [3.05, 3.63) is 35.1 Å². The number of hydrogen-bond acceptors (Lipinski definition) is 1. The Hall–Kier alpha value is -1.17. The second-order valence-corrected chi connectivity index (χ2v) is 3.81. The molecule has 0 saturated heterocycles. The summed E-state index contributed by atoms with van der Waals surface area (Å²) >= 11 is 0. The quantitative estimate of drug-likeness (QED) is 0.636. The SMILES string of the molecule is CC(N)(Cc1c(F)ccc(F)c1F)C(F)F. The standard InChI is InChI=1S/C10H10F5N/c1-10(16,9(14)15)4-5-6(11)2-3-7(12)8(5)13/h2-3,9H,4,16H2,1H3. The predicted molar refractivity (Wildman–Crippen MR) is 48.6 cm³/mol. The van der Waals surface area contributed by atoms with Gasteiger partial charge in [-0.05, 0) is 19.1 Å². The smallest absolute Gasteiger partial charge is 0.256 e. The molecule has 0 aliphatic rings. The van der Waals surface area contributed by atoms with Crippen LogP contribution in [0, 0.1) is 17.5 Å². The van der Waals surface area contributed by atoms with Crippen LogP contribution in [0.5, 0.6) is 0 Å². The molecule has 0 heterocycles. The van der Waals surface area contributed by atoms with E-state index in [4.69, 9.17) is 5.73 Å². The van der Waals surface area contributed by atoms with Crippen molar-refractivity contribution in [1.29, 1.82) is 0 Å². The molecule has 0 spiro atoms. The van der Waals surface area contributed by atoms with Crippen LogP contribution in [0.4, 0.5) is 22.0 Å². The van der Waals surface area contributed by atoms with E-state index >= 15 is 0 Å². The molecule has 0 amide bonds. The Morgan fingerprint density at radius 1 is 1.19 bits per heavy atom. The third-order valence-electron chi connectivity index (χ3n) is 2.20. The van der Waals surface area contributed by atoms with Gasteiger partial charge in [-0.25, -0.2) is 22.0 Å². The van der Waals surface area contributed by atoms with E-state index < -0.39 is 41.4 Å². The molecule has 0 aliphatic heterocycles. The van der Waals surface area contributed by atoms with Gasteiger partial charge in [-0.1, -0.05) is 0 Å². The first-order valence-electron chi connectivity index (χ1n) is 4.45. The highest BCUT2D eigenvalue weighted by molar-refractivity contribution is 5.23. The first-order chi connectivity index (χ1) is 7.25. The predicted octanol–water partition coefficient (Wildman–Crippen LogP) is 2.63. The Balaban J connectivity index is 3.11. The van der Waals surface area contributed by atoms with Crippen molar-refractivity contribution in [3.8, 4) is 0 Å². The maximum absolute atomic E-state index is 13.1. The molecule has 0 bridgehead atoms. The van der Waals surface area contributed by atoms with E-state index in [9.17, 15) is 22.0 Å². The van der Waals surface area contributed by atoms with Gasteiger partial charge in [-0.15, -0.1) is 0 Å². The lowest BCUT2D eigenvalue weighted by atomic mass is 9.93. The van der Waals surface area contributed by atoms with Crippen LogP contribution in [0.25, 0.3) is 0 Å². The molecular formula is C10H10F5N. The van der Waals surface area contributed by atoms with Gasteiger partial charge in [0.15, 0.2) is 11.6 Å². The maximum Gasteiger partial charge on any atom is 0.256 e. The van der Waals surface area contributed by atoms with Gasteiger partial charge in [-0.2, -0.15) is 0 Å². The van der Waals surface area contributed by atoms with Gasteiger partial charge in [0.25, 0.3) is 6.43 Å². The van der Waals surface area contributed by atoms with Crippen molar-refractivity contribution >= 4 is 0 Å². The molecule has 90 valence electrons. The zero-order chi connectivity index (χ0) is 12.5. The van der Waals surface area contributed by atoms with Gasteiger partial charge in [-0.3, -0.25) is 0 Å². The fourth-order valence-electron chi connectivity index (χ4n) is 1.19. The molecule has 0 aliphatic carbocycles. The minimum absolute atomic E-state index is 0.588. The largest absolute Gasteiger partial charge is 0.320 e. The highest BCUT2D eigenvalue weighted by Gasteiger charge is 2.33. The van der Waals surface area contributed by atoms with Crippen LogP contribution in [0.15, 0.2) is 12.1 Å². The minimum atomic E-state index is -2.96. The van der Waals surface area contributed by atoms with Gasteiger partial charge in [0, 0.05) is 12.0 Å². The number of nitrogens with two attached hydrogens (primary N) is 1. The zero-order valence-corrected chi connectivity index (χ0v) is 8.41. The molecule has 2 N–H and O–H groups in total. The summed E-state index contributed by atoms with van der Waals surface area (Å²) in [4.78, 5) is 0. The summed E-state index contributed by atoms with van der Waals surface area (Å²) in [5, 5.41) is 0. The fourth-order valence-corrected chi connectivity index (χ4v) is 1.19. The third kappa shape index (κ3) is 2.49. The van der Waals surface area contributed by atoms with Crippen LogP contribution in [0.2, 0.25) is 0 Å². The van der Waals surface area contributed by atoms with Crippen LogP contribution in [-0.4, -0.2) is 12.0 Å². The molecule has 0 saturated carbocycles. The van der Waals surface area contributed by atoms with E-state index in [1.165, 1.54) is 0 Å². The van der Waals surface area contributed by atoms with Crippen molar-refractivity contribution < 1.29 is 22.0 Å². The first kappa shape index (κ1) is 12.9. The first-order valence-corrected chi connectivity index (χ1v) is 4.45. The van der Waals surface area contributed by atoms with Crippen molar-refractivity contribution in [1.82, 2.24) is 0 Å². The average molecular weight is 239 g/mol. The van der Waals surface area contributed by atoms with E-state index in [2.05, 4.69) is 0 Å². The zero-order valence-electron chi connectivity index (χ0n) is 8.41. The van der Waals surface area contributed by atoms with Gasteiger partial charge < -0.3 is 5.73 Å². The molecule has 1 atom stereocenters. The summed E-state index contributed by atoms with van der Waals surface area (Å²) in [5.41, 5.74) is 2.31. The Kier molecular flexibility index (Phi) is 3.52. The molecule has 0 aromatic heterocycles. The number of halogens is 5. The van der Waals surface area contributed by atoms with E-state index in [0.717, 1.165) is 6.92 Å². The van der Waals surface area contributed by atoms with Crippen LogP contribution < -0.4 is 5.73 Å². The van der Waals surface area contributed by atoms with Crippen molar-refractivity contribution in [2.75, 3.05) is 0 Å². The van der Waals surface area contributed by atoms with Crippen molar-refractivity contribution in [2.24, 2.45) is 5.73 Å². The Morgan fingerprint density at radius 2 is 1.69 bits per heavy atom. The van der Waals surface area contributed by atoms with Gasteiger partial charge in [0.05, 0.1) is 5.54 Å². The third-order valence-corrected chi connectivity index (χ3v) is 2.20. The number of rotatable bonds is 3. The summed E-state index contributed by atoms with van der Waals surface area (Å²) < 4.78 is 63.8. The van der Waals surface area contributed by atoms with Crippen molar-refractivity contribution in [3.63, 3.8) is 0 Å². The Labute approximate surface area is 89.1 Å². The van der Waals surface area contributed by atoms with Gasteiger partial charge in [0.1, 0.15) is 5.82 Å². The lowest BCUT2D eigenvalue weighted by molar-refractivity contribution is 0.0629. The van der Waals surface area contributed by atoms with Gasteiger partial charge >= 0.3 is 0 Å². The highest BCUT2D eigenvalue weighted by Crippen LogP contribution is 2.23. The lowest BCUT2D eigenvalue weighted by Gasteiger charge is -2.23. The number of benzene rings is 1. The maximum atomic E-state index is 13.1. The van der Waals surface area contributed by atoms with E-state index in [1.807, 2.05) is 0 Å². The highest BCUT2D eigenvalue weighted by atomic mass is 19.3. The monoisotopic (exact) mass is 239 g/mol. The fraction of sp³-hybridized carbons (Fsp3) is 0.400. The summed E-state index contributed by atoms with van der Waals surface area (Å²) in [7, 11) is 0. The average Bonchev–Trinajstić information content (AvgIpc) is 2.18. The Bertz CT molecular complexity index is 389. The lowest BCUT2D eigenvalue weighted by Crippen LogP contribution is -2.46. The van der Waals surface area contributed by atoms with E-state index in [0.29, 0.717) is 12.1 Å². The van der Waals surface area contributed by atoms with Gasteiger partial charge in [0.2, 0.25) is 0 Å². The minimum Gasteiger partial charge on any atom is -0.320 e. The van der Waals surface area contributed by atoms with Crippen LogP contribution in [0.3, 0.4) is 0 Å². The molecule has 1 aromatic carbocycles. The summed E-state index contributed by atoms with van der Waals surface area (Å²) in [5.74, 6) is -3.85.